The SMILES string of the molecule is CCC(Sc1cccs1)C(=O)N(C1CCCCC1)C1CC(=O)N(c2ccc(OC)cc2)C1=O. The van der Waals surface area contributed by atoms with E-state index in [1.807, 2.05) is 24.4 Å². The molecule has 2 heterocycles. The zero-order valence-corrected chi connectivity index (χ0v) is 20.7. The van der Waals surface area contributed by atoms with Crippen LogP contribution < -0.4 is 9.64 Å². The van der Waals surface area contributed by atoms with Gasteiger partial charge in [-0.2, -0.15) is 0 Å². The van der Waals surface area contributed by atoms with Gasteiger partial charge in [0, 0.05) is 6.04 Å². The average molecular weight is 487 g/mol. The van der Waals surface area contributed by atoms with Crippen molar-refractivity contribution in [3.63, 3.8) is 0 Å². The molecule has 1 aromatic carbocycles. The summed E-state index contributed by atoms with van der Waals surface area (Å²) in [6.45, 7) is 2.01. The minimum absolute atomic E-state index is 0.00167. The largest absolute Gasteiger partial charge is 0.497 e. The van der Waals surface area contributed by atoms with Crippen molar-refractivity contribution in [3.05, 3.63) is 41.8 Å². The number of anilines is 1. The van der Waals surface area contributed by atoms with Gasteiger partial charge >= 0.3 is 0 Å². The van der Waals surface area contributed by atoms with Gasteiger partial charge in [-0.3, -0.25) is 14.4 Å². The number of carbonyl (C=O) groups excluding carboxylic acids is 3. The van der Waals surface area contributed by atoms with E-state index in [0.717, 1.165) is 36.3 Å². The van der Waals surface area contributed by atoms with Gasteiger partial charge in [-0.25, -0.2) is 4.90 Å². The first-order valence-electron chi connectivity index (χ1n) is 11.6. The van der Waals surface area contributed by atoms with Crippen LogP contribution in [0.15, 0.2) is 46.0 Å². The number of benzene rings is 1. The summed E-state index contributed by atoms with van der Waals surface area (Å²) in [6.07, 6.45) is 5.70. The van der Waals surface area contributed by atoms with Crippen molar-refractivity contribution < 1.29 is 19.1 Å². The normalized spacial score (nSPS) is 20.2. The van der Waals surface area contributed by atoms with Crippen molar-refractivity contribution >= 4 is 46.5 Å². The molecule has 3 amide bonds. The highest BCUT2D eigenvalue weighted by atomic mass is 32.2. The van der Waals surface area contributed by atoms with Gasteiger partial charge in [-0.1, -0.05) is 32.3 Å². The zero-order valence-electron chi connectivity index (χ0n) is 19.1. The van der Waals surface area contributed by atoms with E-state index in [9.17, 15) is 14.4 Å². The topological polar surface area (TPSA) is 66.9 Å². The van der Waals surface area contributed by atoms with Gasteiger partial charge in [-0.05, 0) is 55.0 Å². The molecule has 1 aliphatic carbocycles. The Bertz CT molecular complexity index is 971. The lowest BCUT2D eigenvalue weighted by atomic mass is 9.92. The summed E-state index contributed by atoms with van der Waals surface area (Å²) in [4.78, 5) is 43.5. The molecule has 2 aliphatic rings. The summed E-state index contributed by atoms with van der Waals surface area (Å²) in [5, 5.41) is 1.73. The highest BCUT2D eigenvalue weighted by Crippen LogP contribution is 2.36. The Hall–Kier alpha value is -2.32. The number of carbonyl (C=O) groups is 3. The molecule has 33 heavy (non-hydrogen) atoms. The smallest absolute Gasteiger partial charge is 0.257 e. The maximum atomic E-state index is 13.9. The van der Waals surface area contributed by atoms with Gasteiger partial charge in [0.25, 0.3) is 5.91 Å². The summed E-state index contributed by atoms with van der Waals surface area (Å²) in [5.41, 5.74) is 0.518. The van der Waals surface area contributed by atoms with Crippen LogP contribution in [0.2, 0.25) is 0 Å². The highest BCUT2D eigenvalue weighted by Gasteiger charge is 2.47. The molecule has 0 bridgehead atoms. The molecule has 2 atom stereocenters. The van der Waals surface area contributed by atoms with Crippen LogP contribution in [0.1, 0.15) is 51.9 Å². The van der Waals surface area contributed by atoms with E-state index >= 15 is 0 Å². The van der Waals surface area contributed by atoms with Gasteiger partial charge in [0.1, 0.15) is 11.8 Å². The van der Waals surface area contributed by atoms with Gasteiger partial charge in [0.15, 0.2) is 0 Å². The molecule has 4 rings (SSSR count). The average Bonchev–Trinajstić information content (AvgIpc) is 3.46. The Labute approximate surface area is 203 Å². The molecule has 176 valence electrons. The van der Waals surface area contributed by atoms with Gasteiger partial charge in [0.2, 0.25) is 11.8 Å². The minimum Gasteiger partial charge on any atom is -0.497 e. The Morgan fingerprint density at radius 1 is 1.18 bits per heavy atom. The quantitative estimate of drug-likeness (QED) is 0.383. The Morgan fingerprint density at radius 2 is 1.91 bits per heavy atom. The first kappa shape index (κ1) is 23.8. The van der Waals surface area contributed by atoms with Crippen molar-refractivity contribution in [1.29, 1.82) is 0 Å². The third-order valence-corrected chi connectivity index (χ3v) is 8.84. The molecule has 2 fully saturated rings. The van der Waals surface area contributed by atoms with Crippen LogP contribution in [0, 0.1) is 0 Å². The summed E-state index contributed by atoms with van der Waals surface area (Å²) in [6, 6.07) is 10.2. The van der Waals surface area contributed by atoms with Crippen molar-refractivity contribution in [1.82, 2.24) is 4.90 Å². The molecule has 8 heteroatoms. The number of methoxy groups -OCH3 is 1. The molecule has 0 spiro atoms. The molecule has 0 radical (unpaired) electrons. The van der Waals surface area contributed by atoms with Crippen LogP contribution in [-0.4, -0.2) is 47.1 Å². The number of thiophene rings is 1. The lowest BCUT2D eigenvalue weighted by Crippen LogP contribution is -2.53. The van der Waals surface area contributed by atoms with E-state index < -0.39 is 6.04 Å². The van der Waals surface area contributed by atoms with Crippen molar-refractivity contribution in [3.8, 4) is 5.75 Å². The third kappa shape index (κ3) is 5.11. The molecular weight excluding hydrogens is 456 g/mol. The second kappa shape index (κ2) is 10.7. The van der Waals surface area contributed by atoms with Crippen LogP contribution >= 0.6 is 23.1 Å². The number of imide groups is 1. The van der Waals surface area contributed by atoms with Crippen LogP contribution in [0.5, 0.6) is 5.75 Å². The first-order chi connectivity index (χ1) is 16.0. The molecule has 0 N–H and O–H groups in total. The third-order valence-electron chi connectivity index (χ3n) is 6.41. The lowest BCUT2D eigenvalue weighted by molar-refractivity contribution is -0.141. The Kier molecular flexibility index (Phi) is 7.75. The lowest BCUT2D eigenvalue weighted by Gasteiger charge is -2.39. The van der Waals surface area contributed by atoms with Gasteiger partial charge in [0.05, 0.1) is 28.7 Å². The zero-order chi connectivity index (χ0) is 23.4. The fraction of sp³-hybridized carbons (Fsp3) is 0.480. The van der Waals surface area contributed by atoms with Crippen molar-refractivity contribution in [2.45, 2.75) is 73.4 Å². The fourth-order valence-electron chi connectivity index (χ4n) is 4.73. The van der Waals surface area contributed by atoms with Crippen molar-refractivity contribution in [2.24, 2.45) is 0 Å². The molecule has 2 unspecified atom stereocenters. The van der Waals surface area contributed by atoms with Crippen LogP contribution in [0.25, 0.3) is 0 Å². The molecule has 1 saturated carbocycles. The van der Waals surface area contributed by atoms with E-state index in [1.165, 1.54) is 4.90 Å². The second-order valence-electron chi connectivity index (χ2n) is 8.47. The fourth-order valence-corrected chi connectivity index (χ4v) is 6.74. The summed E-state index contributed by atoms with van der Waals surface area (Å²) >= 11 is 3.18. The maximum absolute atomic E-state index is 13.9. The minimum atomic E-state index is -0.742. The van der Waals surface area contributed by atoms with Crippen LogP contribution in [0.3, 0.4) is 0 Å². The molecule has 1 aliphatic heterocycles. The molecular formula is C25H30N2O4S2. The monoisotopic (exact) mass is 486 g/mol. The highest BCUT2D eigenvalue weighted by molar-refractivity contribution is 8.02. The maximum Gasteiger partial charge on any atom is 0.257 e. The number of hydrogen-bond acceptors (Lipinski definition) is 6. The summed E-state index contributed by atoms with van der Waals surface area (Å²) < 4.78 is 6.28. The van der Waals surface area contributed by atoms with Crippen LogP contribution in [-0.2, 0) is 14.4 Å². The first-order valence-corrected chi connectivity index (χ1v) is 13.3. The second-order valence-corrected chi connectivity index (χ2v) is 10.9. The van der Waals surface area contributed by atoms with Crippen LogP contribution in [0.4, 0.5) is 5.69 Å². The Morgan fingerprint density at radius 3 is 2.52 bits per heavy atom. The summed E-state index contributed by atoms with van der Waals surface area (Å²) in [7, 11) is 1.57. The number of nitrogens with zero attached hydrogens (tertiary/aromatic N) is 2. The number of ether oxygens (including phenoxy) is 1. The van der Waals surface area contributed by atoms with E-state index in [-0.39, 0.29) is 35.4 Å². The predicted octanol–water partition coefficient (Wildman–Crippen LogP) is 5.12. The molecule has 6 nitrogen and oxygen atoms in total. The van der Waals surface area contributed by atoms with Gasteiger partial charge < -0.3 is 9.64 Å². The molecule has 1 saturated heterocycles. The molecule has 2 aromatic rings. The van der Waals surface area contributed by atoms with E-state index in [0.29, 0.717) is 17.9 Å². The Balaban J connectivity index is 1.61. The summed E-state index contributed by atoms with van der Waals surface area (Å²) in [5.74, 6) is 0.0677. The van der Waals surface area contributed by atoms with Gasteiger partial charge in [-0.15, -0.1) is 23.1 Å². The van der Waals surface area contributed by atoms with E-state index in [4.69, 9.17) is 4.74 Å². The van der Waals surface area contributed by atoms with Crippen molar-refractivity contribution in [2.75, 3.05) is 12.0 Å². The van der Waals surface area contributed by atoms with E-state index in [2.05, 4.69) is 0 Å². The number of thioether (sulfide) groups is 1. The van der Waals surface area contributed by atoms with E-state index in [1.54, 1.807) is 59.4 Å². The standard InChI is InChI=1S/C25H30N2O4S2/c1-3-21(33-23-10-7-15-32-23)25(30)26(17-8-5-4-6-9-17)20-16-22(28)27(24(20)29)18-11-13-19(31-2)14-12-18/h7,10-15,17,20-21H,3-6,8-9,16H2,1-2H3. The number of rotatable bonds is 8. The predicted molar refractivity (Wildman–Crippen MR) is 132 cm³/mol. The number of hydrogen-bond donors (Lipinski definition) is 0. The number of amides is 3. The molecule has 1 aromatic heterocycles.